The molecule has 0 saturated carbocycles. The van der Waals surface area contributed by atoms with Crippen LogP contribution in [0.5, 0.6) is 0 Å². The van der Waals surface area contributed by atoms with Crippen molar-refractivity contribution < 1.29 is 19.1 Å². The van der Waals surface area contributed by atoms with Crippen LogP contribution in [0.4, 0.5) is 0 Å². The molecule has 4 rings (SSSR count). The molecular weight excluding hydrogens is 418 g/mol. The number of hydrogen-bond acceptors (Lipinski definition) is 7. The van der Waals surface area contributed by atoms with Crippen LogP contribution in [-0.4, -0.2) is 91.1 Å². The van der Waals surface area contributed by atoms with Gasteiger partial charge in [-0.3, -0.25) is 29.1 Å². The molecule has 1 aromatic carbocycles. The van der Waals surface area contributed by atoms with Crippen LogP contribution in [0, 0.1) is 0 Å². The van der Waals surface area contributed by atoms with Crippen LogP contribution in [0.1, 0.15) is 51.2 Å². The highest BCUT2D eigenvalue weighted by Crippen LogP contribution is 2.21. The molecule has 3 heterocycles. The van der Waals surface area contributed by atoms with Crippen LogP contribution in [0.15, 0.2) is 24.3 Å². The molecule has 1 aromatic rings. The number of benzene rings is 1. The second-order valence-corrected chi connectivity index (χ2v) is 9.38. The van der Waals surface area contributed by atoms with Gasteiger partial charge >= 0.3 is 0 Å². The monoisotopic (exact) mass is 459 g/mol. The Morgan fingerprint density at radius 2 is 1.27 bits per heavy atom. The summed E-state index contributed by atoms with van der Waals surface area (Å²) < 4.78 is 5.17. The van der Waals surface area contributed by atoms with Gasteiger partial charge in [0.25, 0.3) is 0 Å². The average Bonchev–Trinajstić information content (AvgIpc) is 3.48. The number of ketones is 3. The maximum atomic E-state index is 10.9. The summed E-state index contributed by atoms with van der Waals surface area (Å²) >= 11 is 0. The summed E-state index contributed by atoms with van der Waals surface area (Å²) in [6.45, 7) is 12.8. The zero-order valence-corrected chi connectivity index (χ0v) is 20.8. The lowest BCUT2D eigenvalue weighted by molar-refractivity contribution is -0.119. The summed E-state index contributed by atoms with van der Waals surface area (Å²) in [5.74, 6) is 0.770. The Morgan fingerprint density at radius 3 is 1.73 bits per heavy atom. The number of hydrogen-bond donors (Lipinski definition) is 0. The fraction of sp³-hybridized carbons (Fsp3) is 0.654. The molecule has 0 unspecified atom stereocenters. The van der Waals surface area contributed by atoms with Crippen molar-refractivity contribution in [3.05, 3.63) is 35.4 Å². The molecule has 0 aliphatic carbocycles. The van der Waals surface area contributed by atoms with Gasteiger partial charge in [0.05, 0.1) is 25.7 Å². The highest BCUT2D eigenvalue weighted by Gasteiger charge is 2.22. The Kier molecular flexibility index (Phi) is 11.9. The normalized spacial score (nSPS) is 20.4. The van der Waals surface area contributed by atoms with E-state index in [2.05, 4.69) is 39.0 Å². The van der Waals surface area contributed by atoms with E-state index in [4.69, 9.17) is 4.74 Å². The number of nitrogens with zero attached hydrogens (tertiary/aromatic N) is 3. The summed E-state index contributed by atoms with van der Waals surface area (Å²) in [6.07, 6.45) is 3.94. The topological polar surface area (TPSA) is 70.2 Å². The molecule has 7 nitrogen and oxygen atoms in total. The van der Waals surface area contributed by atoms with E-state index in [-0.39, 0.29) is 17.3 Å². The molecule has 0 spiro atoms. The van der Waals surface area contributed by atoms with Crippen LogP contribution in [0.2, 0.25) is 0 Å². The SMILES string of the molecule is CC(=O)CN1CCCC1.CC(=O)CN1Cc2ccccc2C1.CO[C@H]1CCN(CC(C)=O)C1. The van der Waals surface area contributed by atoms with Crippen LogP contribution >= 0.6 is 0 Å². The van der Waals surface area contributed by atoms with Crippen LogP contribution in [-0.2, 0) is 32.2 Å². The van der Waals surface area contributed by atoms with Crippen LogP contribution < -0.4 is 0 Å². The first-order valence-electron chi connectivity index (χ1n) is 12.0. The lowest BCUT2D eigenvalue weighted by Crippen LogP contribution is -2.27. The molecular formula is C26H41N3O4. The maximum Gasteiger partial charge on any atom is 0.143 e. The van der Waals surface area contributed by atoms with Gasteiger partial charge in [-0.05, 0) is 64.3 Å². The van der Waals surface area contributed by atoms with E-state index in [1.165, 1.54) is 24.0 Å². The number of Topliss-reactive ketones (excluding diaryl/α,β-unsaturated/α-hetero) is 3. The number of carbonyl (C=O) groups is 3. The van der Waals surface area contributed by atoms with E-state index in [0.29, 0.717) is 25.7 Å². The number of carbonyl (C=O) groups excluding carboxylic acids is 3. The van der Waals surface area contributed by atoms with Crippen molar-refractivity contribution >= 4 is 17.3 Å². The minimum atomic E-state index is 0.238. The van der Waals surface area contributed by atoms with Crippen LogP contribution in [0.3, 0.4) is 0 Å². The van der Waals surface area contributed by atoms with Crippen molar-refractivity contribution in [1.82, 2.24) is 14.7 Å². The van der Waals surface area contributed by atoms with E-state index in [1.54, 1.807) is 27.9 Å². The number of rotatable bonds is 7. The molecule has 0 N–H and O–H groups in total. The largest absolute Gasteiger partial charge is 0.380 e. The Morgan fingerprint density at radius 1 is 0.788 bits per heavy atom. The molecule has 0 bridgehead atoms. The smallest absolute Gasteiger partial charge is 0.143 e. The van der Waals surface area contributed by atoms with E-state index >= 15 is 0 Å². The lowest BCUT2D eigenvalue weighted by Gasteiger charge is -2.12. The van der Waals surface area contributed by atoms with Crippen molar-refractivity contribution in [3.8, 4) is 0 Å². The molecule has 1 atom stereocenters. The Balaban J connectivity index is 0.000000178. The fourth-order valence-corrected chi connectivity index (χ4v) is 4.53. The van der Waals surface area contributed by atoms with E-state index in [9.17, 15) is 14.4 Å². The molecule has 184 valence electrons. The zero-order valence-electron chi connectivity index (χ0n) is 20.8. The number of fused-ring (bicyclic) bond motifs is 1. The van der Waals surface area contributed by atoms with Gasteiger partial charge in [0, 0.05) is 33.3 Å². The molecule has 3 aliphatic heterocycles. The van der Waals surface area contributed by atoms with Gasteiger partial charge in [0.1, 0.15) is 17.3 Å². The quantitative estimate of drug-likeness (QED) is 0.621. The highest BCUT2D eigenvalue weighted by atomic mass is 16.5. The van der Waals surface area contributed by atoms with Gasteiger partial charge in [-0.25, -0.2) is 0 Å². The number of ether oxygens (including phenoxy) is 1. The first kappa shape index (κ1) is 27.3. The van der Waals surface area contributed by atoms with Crippen molar-refractivity contribution in [2.75, 3.05) is 52.9 Å². The van der Waals surface area contributed by atoms with Gasteiger partial charge in [0.2, 0.25) is 0 Å². The first-order valence-corrected chi connectivity index (χ1v) is 12.0. The average molecular weight is 460 g/mol. The third kappa shape index (κ3) is 10.7. The number of methoxy groups -OCH3 is 1. The molecule has 2 saturated heterocycles. The Bertz CT molecular complexity index is 752. The zero-order chi connectivity index (χ0) is 24.2. The second-order valence-electron chi connectivity index (χ2n) is 9.38. The summed E-state index contributed by atoms with van der Waals surface area (Å²) in [7, 11) is 1.72. The molecule has 0 aromatic heterocycles. The van der Waals surface area contributed by atoms with Crippen molar-refractivity contribution in [2.45, 2.75) is 59.2 Å². The predicted molar refractivity (Wildman–Crippen MR) is 130 cm³/mol. The first-order chi connectivity index (χ1) is 15.8. The van der Waals surface area contributed by atoms with Crippen molar-refractivity contribution in [1.29, 1.82) is 0 Å². The lowest BCUT2D eigenvalue weighted by atomic mass is 10.1. The molecule has 0 amide bonds. The highest BCUT2D eigenvalue weighted by molar-refractivity contribution is 5.78. The molecule has 2 fully saturated rings. The Labute approximate surface area is 199 Å². The van der Waals surface area contributed by atoms with E-state index in [1.807, 2.05) is 0 Å². The van der Waals surface area contributed by atoms with Crippen molar-refractivity contribution in [3.63, 3.8) is 0 Å². The minimum absolute atomic E-state index is 0.238. The molecule has 7 heteroatoms. The third-order valence-corrected chi connectivity index (χ3v) is 6.01. The van der Waals surface area contributed by atoms with Crippen LogP contribution in [0.25, 0.3) is 0 Å². The number of likely N-dealkylation sites (tertiary alicyclic amines) is 2. The molecule has 33 heavy (non-hydrogen) atoms. The molecule has 0 radical (unpaired) electrons. The summed E-state index contributed by atoms with van der Waals surface area (Å²) in [5, 5.41) is 0. The fourth-order valence-electron chi connectivity index (χ4n) is 4.53. The summed E-state index contributed by atoms with van der Waals surface area (Å²) in [4.78, 5) is 38.7. The summed E-state index contributed by atoms with van der Waals surface area (Å²) in [6, 6.07) is 8.37. The van der Waals surface area contributed by atoms with Gasteiger partial charge in [-0.15, -0.1) is 0 Å². The maximum absolute atomic E-state index is 10.9. The van der Waals surface area contributed by atoms with Gasteiger partial charge in [-0.1, -0.05) is 24.3 Å². The van der Waals surface area contributed by atoms with Gasteiger partial charge < -0.3 is 4.74 Å². The van der Waals surface area contributed by atoms with E-state index < -0.39 is 0 Å². The third-order valence-electron chi connectivity index (χ3n) is 6.01. The van der Waals surface area contributed by atoms with Gasteiger partial charge in [0.15, 0.2) is 0 Å². The second kappa shape index (κ2) is 14.4. The van der Waals surface area contributed by atoms with Gasteiger partial charge in [-0.2, -0.15) is 0 Å². The van der Waals surface area contributed by atoms with Crippen molar-refractivity contribution in [2.24, 2.45) is 0 Å². The van der Waals surface area contributed by atoms with E-state index in [0.717, 1.165) is 45.7 Å². The minimum Gasteiger partial charge on any atom is -0.380 e. The standard InChI is InChI=1S/C11H13NO.C8H15NO2.C7H13NO/c1-9(13)6-12-7-10-4-2-3-5-11(10)8-12;1-7(10)5-9-4-3-8(6-9)11-2;1-7(9)6-8-4-2-3-5-8/h2-5H,6-8H2,1H3;8H,3-6H2,1-2H3;2-6H2,1H3/t;8-;/m.0./s1. The molecule has 3 aliphatic rings. The Hall–Kier alpha value is -1.93. The summed E-state index contributed by atoms with van der Waals surface area (Å²) in [5.41, 5.74) is 2.73. The predicted octanol–water partition coefficient (Wildman–Crippen LogP) is 2.56.